The fourth-order valence-corrected chi connectivity index (χ4v) is 1.70. The van der Waals surface area contributed by atoms with Crippen LogP contribution in [0.3, 0.4) is 0 Å². The molecular formula is C12H13FN4O2. The highest BCUT2D eigenvalue weighted by atomic mass is 19.1. The number of esters is 1. The first-order valence-electron chi connectivity index (χ1n) is 5.59. The van der Waals surface area contributed by atoms with Gasteiger partial charge in [-0.2, -0.15) is 0 Å². The maximum atomic E-state index is 13.9. The second-order valence-electron chi connectivity index (χ2n) is 3.97. The Balaban J connectivity index is 2.53. The lowest BCUT2D eigenvalue weighted by molar-refractivity contribution is 0.0587. The number of halogens is 1. The summed E-state index contributed by atoms with van der Waals surface area (Å²) in [6, 6.07) is 4.18. The molecule has 7 heteroatoms. The van der Waals surface area contributed by atoms with E-state index in [4.69, 9.17) is 5.73 Å². The third-order valence-corrected chi connectivity index (χ3v) is 2.60. The van der Waals surface area contributed by atoms with Gasteiger partial charge in [-0.25, -0.2) is 18.9 Å². The summed E-state index contributed by atoms with van der Waals surface area (Å²) in [4.78, 5) is 15.1. The molecule has 0 spiro atoms. The fraction of sp³-hybridized carbons (Fsp3) is 0.250. The van der Waals surface area contributed by atoms with Gasteiger partial charge in [0.2, 0.25) is 0 Å². The van der Waals surface area contributed by atoms with E-state index in [1.807, 2.05) is 0 Å². The molecule has 1 heterocycles. The van der Waals surface area contributed by atoms with Crippen molar-refractivity contribution in [1.29, 1.82) is 0 Å². The van der Waals surface area contributed by atoms with Crippen molar-refractivity contribution in [1.82, 2.24) is 14.8 Å². The number of carbonyl (C=O) groups excluding carboxylic acids is 1. The van der Waals surface area contributed by atoms with Crippen molar-refractivity contribution in [2.45, 2.75) is 13.0 Å². The van der Waals surface area contributed by atoms with Gasteiger partial charge in [-0.3, -0.25) is 0 Å². The number of nitrogens with zero attached hydrogens (tertiary/aromatic N) is 3. The molecule has 1 aromatic carbocycles. The number of benzene rings is 1. The Hall–Kier alpha value is -2.28. The van der Waals surface area contributed by atoms with Gasteiger partial charge >= 0.3 is 5.97 Å². The molecule has 2 aromatic rings. The van der Waals surface area contributed by atoms with Gasteiger partial charge in [-0.15, -0.1) is 5.10 Å². The fourth-order valence-electron chi connectivity index (χ4n) is 1.70. The van der Waals surface area contributed by atoms with Gasteiger partial charge < -0.3 is 10.5 Å². The van der Waals surface area contributed by atoms with Gasteiger partial charge in [0, 0.05) is 6.04 Å². The molecule has 0 amide bonds. The van der Waals surface area contributed by atoms with Crippen LogP contribution >= 0.6 is 0 Å². The smallest absolute Gasteiger partial charge is 0.377 e. The number of methoxy groups -OCH3 is 1. The number of ether oxygens (including phenoxy) is 1. The van der Waals surface area contributed by atoms with Crippen LogP contribution in [-0.4, -0.2) is 27.8 Å². The summed E-state index contributed by atoms with van der Waals surface area (Å²) in [6.45, 7) is 1.73. The van der Waals surface area contributed by atoms with Crippen LogP contribution in [0.2, 0.25) is 0 Å². The van der Waals surface area contributed by atoms with E-state index >= 15 is 0 Å². The van der Waals surface area contributed by atoms with Crippen molar-refractivity contribution >= 4 is 5.97 Å². The Labute approximate surface area is 109 Å². The van der Waals surface area contributed by atoms with E-state index in [0.29, 0.717) is 5.56 Å². The molecule has 6 nitrogen and oxygen atoms in total. The summed E-state index contributed by atoms with van der Waals surface area (Å²) < 4.78 is 19.6. The summed E-state index contributed by atoms with van der Waals surface area (Å²) in [5.74, 6) is -1.31. The molecule has 1 atom stereocenters. The van der Waals surface area contributed by atoms with Gasteiger partial charge in [-0.05, 0) is 18.6 Å². The molecular weight excluding hydrogens is 251 g/mol. The largest absolute Gasteiger partial charge is 0.463 e. The zero-order valence-electron chi connectivity index (χ0n) is 10.5. The van der Waals surface area contributed by atoms with Crippen LogP contribution in [0.4, 0.5) is 4.39 Å². The number of rotatable bonds is 3. The second-order valence-corrected chi connectivity index (χ2v) is 3.97. The zero-order chi connectivity index (χ0) is 14.0. The van der Waals surface area contributed by atoms with Crippen LogP contribution in [0.25, 0.3) is 5.69 Å². The van der Waals surface area contributed by atoms with Gasteiger partial charge in [0.05, 0.1) is 7.11 Å². The van der Waals surface area contributed by atoms with Gasteiger partial charge in [-0.1, -0.05) is 12.1 Å². The lowest BCUT2D eigenvalue weighted by atomic mass is 10.1. The molecule has 0 aliphatic carbocycles. The number of hydrogen-bond donors (Lipinski definition) is 1. The molecule has 0 aliphatic heterocycles. The summed E-state index contributed by atoms with van der Waals surface area (Å²) in [7, 11) is 1.22. The molecule has 0 bridgehead atoms. The molecule has 1 unspecified atom stereocenters. The molecule has 100 valence electrons. The topological polar surface area (TPSA) is 83.0 Å². The van der Waals surface area contributed by atoms with Gasteiger partial charge in [0.1, 0.15) is 17.8 Å². The predicted octanol–water partition coefficient (Wildman–Crippen LogP) is 1.21. The molecule has 0 saturated carbocycles. The van der Waals surface area contributed by atoms with Crippen LogP contribution in [0, 0.1) is 5.82 Å². The number of hydrogen-bond acceptors (Lipinski definition) is 5. The van der Waals surface area contributed by atoms with E-state index in [1.165, 1.54) is 24.2 Å². The van der Waals surface area contributed by atoms with Crippen molar-refractivity contribution in [2.24, 2.45) is 5.73 Å². The molecule has 0 radical (unpaired) electrons. The van der Waals surface area contributed by atoms with E-state index in [-0.39, 0.29) is 17.6 Å². The van der Waals surface area contributed by atoms with Crippen LogP contribution in [-0.2, 0) is 4.74 Å². The average molecular weight is 264 g/mol. The van der Waals surface area contributed by atoms with Crippen LogP contribution in [0.5, 0.6) is 0 Å². The zero-order valence-corrected chi connectivity index (χ0v) is 10.5. The molecule has 0 aliphatic rings. The molecule has 0 saturated heterocycles. The first kappa shape index (κ1) is 13.2. The molecule has 19 heavy (non-hydrogen) atoms. The normalized spacial score (nSPS) is 12.2. The summed E-state index contributed by atoms with van der Waals surface area (Å²) in [5, 5.41) is 3.89. The standard InChI is InChI=1S/C12H13FN4O2/c1-7(14)8-4-3-5-9(13)10(8)17-6-15-11(16-17)12(18)19-2/h3-7H,14H2,1-2H3. The van der Waals surface area contributed by atoms with E-state index in [1.54, 1.807) is 19.1 Å². The minimum absolute atomic E-state index is 0.138. The third kappa shape index (κ3) is 2.45. The Kier molecular flexibility index (Phi) is 3.57. The molecule has 1 aromatic heterocycles. The maximum Gasteiger partial charge on any atom is 0.377 e. The lowest BCUT2D eigenvalue weighted by Crippen LogP contribution is -2.12. The Bertz CT molecular complexity index is 610. The first-order valence-corrected chi connectivity index (χ1v) is 5.59. The highest BCUT2D eigenvalue weighted by Crippen LogP contribution is 2.22. The summed E-state index contributed by atoms with van der Waals surface area (Å²) >= 11 is 0. The van der Waals surface area contributed by atoms with Gasteiger partial charge in [0.25, 0.3) is 5.82 Å². The average Bonchev–Trinajstić information content (AvgIpc) is 2.86. The van der Waals surface area contributed by atoms with E-state index in [0.717, 1.165) is 0 Å². The minimum Gasteiger partial charge on any atom is -0.463 e. The molecule has 2 rings (SSSR count). The number of nitrogens with two attached hydrogens (primary N) is 1. The number of aromatic nitrogens is 3. The minimum atomic E-state index is -0.683. The SMILES string of the molecule is COC(=O)c1ncn(-c2c(F)cccc2C(C)N)n1. The quantitative estimate of drug-likeness (QED) is 0.842. The Morgan fingerprint density at radius 3 is 2.89 bits per heavy atom. The molecule has 2 N–H and O–H groups in total. The van der Waals surface area contributed by atoms with E-state index in [2.05, 4.69) is 14.8 Å². The van der Waals surface area contributed by atoms with E-state index < -0.39 is 11.8 Å². The van der Waals surface area contributed by atoms with Crippen molar-refractivity contribution < 1.29 is 13.9 Å². The van der Waals surface area contributed by atoms with Crippen molar-refractivity contribution in [2.75, 3.05) is 7.11 Å². The Morgan fingerprint density at radius 2 is 2.26 bits per heavy atom. The van der Waals surface area contributed by atoms with E-state index in [9.17, 15) is 9.18 Å². The third-order valence-electron chi connectivity index (χ3n) is 2.60. The maximum absolute atomic E-state index is 13.9. The van der Waals surface area contributed by atoms with Gasteiger partial charge in [0.15, 0.2) is 0 Å². The highest BCUT2D eigenvalue weighted by molar-refractivity contribution is 5.84. The van der Waals surface area contributed by atoms with Crippen molar-refractivity contribution in [3.05, 3.63) is 41.7 Å². The number of para-hydroxylation sites is 1. The monoisotopic (exact) mass is 264 g/mol. The Morgan fingerprint density at radius 1 is 1.53 bits per heavy atom. The van der Waals surface area contributed by atoms with Crippen LogP contribution < -0.4 is 5.73 Å². The predicted molar refractivity (Wildman–Crippen MR) is 65.3 cm³/mol. The van der Waals surface area contributed by atoms with Crippen molar-refractivity contribution in [3.63, 3.8) is 0 Å². The molecule has 0 fully saturated rings. The van der Waals surface area contributed by atoms with Crippen LogP contribution in [0.15, 0.2) is 24.5 Å². The van der Waals surface area contributed by atoms with Crippen LogP contribution in [0.1, 0.15) is 29.1 Å². The highest BCUT2D eigenvalue weighted by Gasteiger charge is 2.17. The lowest BCUT2D eigenvalue weighted by Gasteiger charge is -2.12. The summed E-state index contributed by atoms with van der Waals surface area (Å²) in [6.07, 6.45) is 1.25. The van der Waals surface area contributed by atoms with Crippen molar-refractivity contribution in [3.8, 4) is 5.69 Å². The first-order chi connectivity index (χ1) is 9.04. The number of carbonyl (C=O) groups is 1. The second kappa shape index (κ2) is 5.15. The summed E-state index contributed by atoms with van der Waals surface area (Å²) in [5.41, 5.74) is 6.55.